The third-order valence-electron chi connectivity index (χ3n) is 1.26. The molecule has 0 bridgehead atoms. The Morgan fingerprint density at radius 2 is 1.10 bits per heavy atom. The van der Waals surface area contributed by atoms with Crippen molar-refractivity contribution in [3.8, 4) is 0 Å². The molecule has 20 heavy (non-hydrogen) atoms. The molecule has 1 rings (SSSR count). The molecule has 0 heterocycles. The van der Waals surface area contributed by atoms with Crippen molar-refractivity contribution in [2.75, 3.05) is 7.05 Å². The molecule has 0 unspecified atom stereocenters. The Balaban J connectivity index is -0.0000000639. The molecule has 1 aromatic rings. The number of rotatable bonds is 2. The molecule has 0 aliphatic heterocycles. The molecule has 0 saturated carbocycles. The fourth-order valence-electron chi connectivity index (χ4n) is 0.734. The molecular weight excluding hydrogens is 302 g/mol. The third kappa shape index (κ3) is 25.2. The van der Waals surface area contributed by atoms with Crippen LogP contribution in [0.25, 0.3) is 0 Å². The minimum atomic E-state index is 1.08. The van der Waals surface area contributed by atoms with Crippen molar-refractivity contribution >= 4 is 4.50 Å². The van der Waals surface area contributed by atoms with Crippen LogP contribution in [0.1, 0.15) is 5.56 Å². The number of benzene rings is 1. The summed E-state index contributed by atoms with van der Waals surface area (Å²) < 4.78 is 38.6. The Hall–Kier alpha value is -1.72. The molecule has 6 nitrogen and oxygen atoms in total. The molecule has 1 N–H and O–H groups in total. The number of hydrogen-bond acceptors (Lipinski definition) is 1. The summed E-state index contributed by atoms with van der Waals surface area (Å²) in [5.41, 5.74) is 1.20. The van der Waals surface area contributed by atoms with Crippen molar-refractivity contribution in [2.24, 2.45) is 0 Å². The Morgan fingerprint density at radius 3 is 1.35 bits per heavy atom. The molecular formula is C13H9CrNO5. The second-order valence-electron chi connectivity index (χ2n) is 1.95. The van der Waals surface area contributed by atoms with Crippen LogP contribution in [0, 0.1) is 33.3 Å². The normalized spacial score (nSPS) is 5.15. The van der Waals surface area contributed by atoms with E-state index in [0.29, 0.717) is 0 Å². The topological polar surface area (TPSA) is 112 Å². The van der Waals surface area contributed by atoms with Crippen LogP contribution in [0.5, 0.6) is 0 Å². The van der Waals surface area contributed by atoms with E-state index in [-0.39, 0.29) is 0 Å². The van der Waals surface area contributed by atoms with Gasteiger partial charge in [0.15, 0.2) is 0 Å². The van der Waals surface area contributed by atoms with Crippen molar-refractivity contribution in [1.82, 2.24) is 5.32 Å². The first-order valence-electron chi connectivity index (χ1n) is 4.14. The second kappa shape index (κ2) is 43.3. The Labute approximate surface area is 125 Å². The molecule has 0 aliphatic rings. The summed E-state index contributed by atoms with van der Waals surface area (Å²) in [6.07, 6.45) is 0. The van der Waals surface area contributed by atoms with Gasteiger partial charge in [0.05, 0.1) is 0 Å². The maximum absolute atomic E-state index is 7.50. The van der Waals surface area contributed by atoms with Gasteiger partial charge in [-0.05, 0) is 0 Å². The molecule has 0 aromatic heterocycles. The predicted octanol–water partition coefficient (Wildman–Crippen LogP) is 0.743. The van der Waals surface area contributed by atoms with E-state index >= 15 is 0 Å². The van der Waals surface area contributed by atoms with Gasteiger partial charge in [-0.25, -0.2) is 0 Å². The van der Waals surface area contributed by atoms with Gasteiger partial charge in [0.1, 0.15) is 0 Å². The van der Waals surface area contributed by atoms with Crippen LogP contribution in [-0.2, 0) is 39.1 Å². The molecule has 0 aliphatic carbocycles. The van der Waals surface area contributed by atoms with Gasteiger partial charge >= 0.3 is 125 Å². The van der Waals surface area contributed by atoms with E-state index in [1.165, 1.54) is 5.56 Å². The summed E-state index contributed by atoms with van der Waals surface area (Å²) in [6, 6.07) is 10.2. The van der Waals surface area contributed by atoms with Crippen LogP contribution in [0.2, 0.25) is 0 Å². The fraction of sp³-hybridized carbons (Fsp3) is 0.0769. The minimum absolute atomic E-state index is 1.08. The molecule has 102 valence electrons. The Kier molecular flexibility index (Phi) is 67.1. The van der Waals surface area contributed by atoms with Gasteiger partial charge in [-0.1, -0.05) is 0 Å². The average Bonchev–Trinajstić information content (AvgIpc) is 2.63. The average molecular weight is 311 g/mol. The zero-order valence-corrected chi connectivity index (χ0v) is 11.6. The Morgan fingerprint density at radius 1 is 0.800 bits per heavy atom. The van der Waals surface area contributed by atoms with Gasteiger partial charge in [0.25, 0.3) is 0 Å². The molecule has 0 fully saturated rings. The van der Waals surface area contributed by atoms with Crippen LogP contribution in [0.4, 0.5) is 0 Å². The monoisotopic (exact) mass is 311 g/mol. The summed E-state index contributed by atoms with van der Waals surface area (Å²) in [5, 5.41) is 3.04. The number of hydrogen-bond donors (Lipinski definition) is 1. The standard InChI is InChI=1S/C8H9N.5CO.Cr/c1-9-7-8-5-3-2-4-6-8;5*1-2;/h2-6,9H,1H3;;;;;;. The van der Waals surface area contributed by atoms with Crippen LogP contribution < -0.4 is 5.32 Å². The molecule has 7 heteroatoms. The van der Waals surface area contributed by atoms with E-state index < -0.39 is 0 Å². The molecule has 0 spiro atoms. The summed E-state index contributed by atoms with van der Waals surface area (Å²) in [6.45, 7) is 22.5. The van der Waals surface area contributed by atoms with Gasteiger partial charge < -0.3 is 0 Å². The Bertz CT molecular complexity index is 371. The summed E-state index contributed by atoms with van der Waals surface area (Å²) >= 11 is 2.95. The quantitative estimate of drug-likeness (QED) is 0.630. The van der Waals surface area contributed by atoms with E-state index in [2.05, 4.69) is 66.6 Å². The van der Waals surface area contributed by atoms with Crippen molar-refractivity contribution in [3.63, 3.8) is 0 Å². The van der Waals surface area contributed by atoms with Gasteiger partial charge in [-0.15, -0.1) is 0 Å². The second-order valence-corrected chi connectivity index (χ2v) is 2.58. The van der Waals surface area contributed by atoms with Crippen molar-refractivity contribution in [3.05, 3.63) is 69.1 Å². The molecule has 0 saturated heterocycles. The SMILES string of the molecule is CN[C](=[Cr])c1ccccc1.[C-]#[O+].[C-]#[O+].[C-]#[O+].[C-]#[O+].[C-]#[O+]. The third-order valence-corrected chi connectivity index (χ3v) is 1.95. The fourth-order valence-corrected chi connectivity index (χ4v) is 0.946. The van der Waals surface area contributed by atoms with Gasteiger partial charge in [-0.2, -0.15) is 0 Å². The van der Waals surface area contributed by atoms with Crippen LogP contribution in [-0.4, -0.2) is 11.6 Å². The van der Waals surface area contributed by atoms with Gasteiger partial charge in [0.2, 0.25) is 0 Å². The van der Waals surface area contributed by atoms with E-state index in [1.807, 2.05) is 25.2 Å². The van der Waals surface area contributed by atoms with Gasteiger partial charge in [-0.3, -0.25) is 0 Å². The zero-order valence-electron chi connectivity index (χ0n) is 10.3. The van der Waals surface area contributed by atoms with Crippen LogP contribution in [0.3, 0.4) is 0 Å². The summed E-state index contributed by atoms with van der Waals surface area (Å²) in [5.74, 6) is 0. The number of nitrogens with one attached hydrogen (secondary N) is 1. The van der Waals surface area contributed by atoms with E-state index in [4.69, 9.17) is 23.3 Å². The first-order chi connectivity index (χ1) is 9.84. The molecule has 0 amide bonds. The van der Waals surface area contributed by atoms with Crippen LogP contribution in [0.15, 0.2) is 30.3 Å². The van der Waals surface area contributed by atoms with Gasteiger partial charge in [0, 0.05) is 0 Å². The zero-order chi connectivity index (χ0) is 17.4. The molecule has 1 aromatic carbocycles. The molecule has 0 atom stereocenters. The van der Waals surface area contributed by atoms with Crippen LogP contribution >= 0.6 is 0 Å². The summed E-state index contributed by atoms with van der Waals surface area (Å²) in [4.78, 5) is 0. The first-order valence-corrected chi connectivity index (χ1v) is 4.77. The predicted molar refractivity (Wildman–Crippen MR) is 59.3 cm³/mol. The van der Waals surface area contributed by atoms with E-state index in [1.54, 1.807) is 0 Å². The summed E-state index contributed by atoms with van der Waals surface area (Å²) in [7, 11) is 1.90. The van der Waals surface area contributed by atoms with Crippen molar-refractivity contribution < 1.29 is 39.1 Å². The van der Waals surface area contributed by atoms with E-state index in [9.17, 15) is 0 Å². The van der Waals surface area contributed by atoms with Crippen molar-refractivity contribution in [1.29, 1.82) is 0 Å². The molecule has 0 radical (unpaired) electrons. The first kappa shape index (κ1) is 31.0. The maximum atomic E-state index is 7.50. The van der Waals surface area contributed by atoms with E-state index in [0.717, 1.165) is 4.50 Å². The van der Waals surface area contributed by atoms with Crippen molar-refractivity contribution in [2.45, 2.75) is 0 Å².